The van der Waals surface area contributed by atoms with Crippen LogP contribution >= 0.6 is 23.4 Å². The Hall–Kier alpha value is -2.31. The van der Waals surface area contributed by atoms with Crippen LogP contribution in [0.2, 0.25) is 5.02 Å². The Kier molecular flexibility index (Phi) is 7.87. The van der Waals surface area contributed by atoms with Gasteiger partial charge in [-0.3, -0.25) is 9.80 Å². The van der Waals surface area contributed by atoms with Crippen molar-refractivity contribution in [2.75, 3.05) is 38.5 Å². The maximum atomic E-state index is 11.4. The fraction of sp³-hybridized carbons (Fsp3) is 0.269. The molecule has 0 aromatic heterocycles. The molecule has 6 heteroatoms. The van der Waals surface area contributed by atoms with Gasteiger partial charge in [0.15, 0.2) is 0 Å². The molecule has 0 amide bonds. The number of carboxylic acids is 1. The zero-order valence-corrected chi connectivity index (χ0v) is 19.5. The lowest BCUT2D eigenvalue weighted by molar-refractivity contribution is 0.0693. The molecule has 1 heterocycles. The molecular formula is C26H27ClN2O2S. The maximum absolute atomic E-state index is 11.4. The number of nitrogens with zero attached hydrogens (tertiary/aromatic N) is 2. The van der Waals surface area contributed by atoms with E-state index in [-0.39, 0.29) is 0 Å². The summed E-state index contributed by atoms with van der Waals surface area (Å²) in [7, 11) is 0. The Morgan fingerprint density at radius 2 is 1.53 bits per heavy atom. The molecule has 0 unspecified atom stereocenters. The second-order valence-corrected chi connectivity index (χ2v) is 9.50. The lowest BCUT2D eigenvalue weighted by atomic mass is 9.99. The van der Waals surface area contributed by atoms with Crippen LogP contribution in [0.3, 0.4) is 0 Å². The van der Waals surface area contributed by atoms with Gasteiger partial charge in [0.25, 0.3) is 0 Å². The zero-order valence-electron chi connectivity index (χ0n) is 17.9. The van der Waals surface area contributed by atoms with Crippen molar-refractivity contribution >= 4 is 29.3 Å². The van der Waals surface area contributed by atoms with Crippen molar-refractivity contribution in [1.82, 2.24) is 9.80 Å². The standard InChI is InChI=1S/C26H27ClN2O2S/c27-22-11-9-20(10-12-22)23-6-2-1-5-21(23)19-29-15-13-28(14-16-29)17-18-32-25-8-4-3-7-24(25)26(30)31/h1-12H,13-19H2,(H,30,31). The minimum atomic E-state index is -0.861. The molecule has 1 saturated heterocycles. The SMILES string of the molecule is O=C(O)c1ccccc1SCCN1CCN(Cc2ccccc2-c2ccc(Cl)cc2)CC1. The average Bonchev–Trinajstić information content (AvgIpc) is 2.81. The lowest BCUT2D eigenvalue weighted by Gasteiger charge is -2.35. The number of rotatable bonds is 8. The van der Waals surface area contributed by atoms with Crippen molar-refractivity contribution in [3.63, 3.8) is 0 Å². The number of carboxylic acid groups (broad SMARTS) is 1. The van der Waals surface area contributed by atoms with Crippen LogP contribution in [0.25, 0.3) is 11.1 Å². The van der Waals surface area contributed by atoms with Gasteiger partial charge in [-0.25, -0.2) is 4.79 Å². The van der Waals surface area contributed by atoms with Crippen LogP contribution < -0.4 is 0 Å². The molecule has 0 spiro atoms. The lowest BCUT2D eigenvalue weighted by Crippen LogP contribution is -2.46. The van der Waals surface area contributed by atoms with E-state index in [1.807, 2.05) is 24.3 Å². The number of hydrogen-bond donors (Lipinski definition) is 1. The highest BCUT2D eigenvalue weighted by Crippen LogP contribution is 2.27. The van der Waals surface area contributed by atoms with Crippen molar-refractivity contribution in [2.45, 2.75) is 11.4 Å². The molecule has 32 heavy (non-hydrogen) atoms. The van der Waals surface area contributed by atoms with Gasteiger partial charge in [-0.05, 0) is 41.0 Å². The fourth-order valence-corrected chi connectivity index (χ4v) is 5.22. The Morgan fingerprint density at radius 3 is 2.28 bits per heavy atom. The van der Waals surface area contributed by atoms with E-state index >= 15 is 0 Å². The topological polar surface area (TPSA) is 43.8 Å². The second-order valence-electron chi connectivity index (χ2n) is 7.93. The van der Waals surface area contributed by atoms with E-state index in [2.05, 4.69) is 46.2 Å². The first-order valence-electron chi connectivity index (χ1n) is 10.8. The van der Waals surface area contributed by atoms with Gasteiger partial charge in [0.1, 0.15) is 0 Å². The van der Waals surface area contributed by atoms with E-state index in [1.165, 1.54) is 16.7 Å². The van der Waals surface area contributed by atoms with Crippen LogP contribution in [-0.2, 0) is 6.54 Å². The fourth-order valence-electron chi connectivity index (χ4n) is 4.04. The smallest absolute Gasteiger partial charge is 0.336 e. The highest BCUT2D eigenvalue weighted by Gasteiger charge is 2.18. The van der Waals surface area contributed by atoms with Crippen LogP contribution in [-0.4, -0.2) is 59.4 Å². The first kappa shape index (κ1) is 22.9. The second kappa shape index (κ2) is 11.0. The number of thioether (sulfide) groups is 1. The summed E-state index contributed by atoms with van der Waals surface area (Å²) >= 11 is 7.69. The minimum Gasteiger partial charge on any atom is -0.478 e. The summed E-state index contributed by atoms with van der Waals surface area (Å²) in [6, 6.07) is 23.9. The monoisotopic (exact) mass is 466 g/mol. The third-order valence-electron chi connectivity index (χ3n) is 5.81. The van der Waals surface area contributed by atoms with Gasteiger partial charge >= 0.3 is 5.97 Å². The van der Waals surface area contributed by atoms with Gasteiger partial charge in [0.2, 0.25) is 0 Å². The molecule has 4 rings (SSSR count). The van der Waals surface area contributed by atoms with Crippen LogP contribution in [0.1, 0.15) is 15.9 Å². The quantitative estimate of drug-likeness (QED) is 0.437. The average molecular weight is 467 g/mol. The maximum Gasteiger partial charge on any atom is 0.336 e. The summed E-state index contributed by atoms with van der Waals surface area (Å²) in [5.74, 6) is 0.0320. The highest BCUT2D eigenvalue weighted by molar-refractivity contribution is 7.99. The van der Waals surface area contributed by atoms with E-state index in [4.69, 9.17) is 11.6 Å². The van der Waals surface area contributed by atoms with Crippen molar-refractivity contribution in [1.29, 1.82) is 0 Å². The van der Waals surface area contributed by atoms with E-state index in [0.29, 0.717) is 5.56 Å². The molecule has 166 valence electrons. The molecule has 3 aromatic carbocycles. The van der Waals surface area contributed by atoms with Gasteiger partial charge in [0, 0.05) is 54.9 Å². The molecule has 0 aliphatic carbocycles. The van der Waals surface area contributed by atoms with E-state index in [0.717, 1.165) is 54.9 Å². The molecule has 3 aromatic rings. The highest BCUT2D eigenvalue weighted by atomic mass is 35.5. The number of carbonyl (C=O) groups is 1. The molecular weight excluding hydrogens is 440 g/mol. The van der Waals surface area contributed by atoms with E-state index < -0.39 is 5.97 Å². The third kappa shape index (κ3) is 5.93. The number of piperazine rings is 1. The molecule has 0 atom stereocenters. The number of halogens is 1. The van der Waals surface area contributed by atoms with Gasteiger partial charge in [-0.15, -0.1) is 11.8 Å². The Morgan fingerprint density at radius 1 is 0.875 bits per heavy atom. The van der Waals surface area contributed by atoms with Gasteiger partial charge in [0.05, 0.1) is 5.56 Å². The molecule has 1 N–H and O–H groups in total. The van der Waals surface area contributed by atoms with Crippen molar-refractivity contribution in [3.8, 4) is 11.1 Å². The summed E-state index contributed by atoms with van der Waals surface area (Å²) in [5, 5.41) is 10.1. The molecule has 0 radical (unpaired) electrons. The Balaban J connectivity index is 1.28. The molecule has 1 aliphatic rings. The van der Waals surface area contributed by atoms with Crippen LogP contribution in [0.15, 0.2) is 77.7 Å². The first-order valence-corrected chi connectivity index (χ1v) is 12.2. The summed E-state index contributed by atoms with van der Waals surface area (Å²) in [6.45, 7) is 6.03. The molecule has 0 bridgehead atoms. The molecule has 0 saturated carbocycles. The van der Waals surface area contributed by atoms with E-state index in [9.17, 15) is 9.90 Å². The van der Waals surface area contributed by atoms with Crippen LogP contribution in [0.5, 0.6) is 0 Å². The summed E-state index contributed by atoms with van der Waals surface area (Å²) < 4.78 is 0. The van der Waals surface area contributed by atoms with E-state index in [1.54, 1.807) is 23.9 Å². The van der Waals surface area contributed by atoms with Crippen molar-refractivity contribution in [2.24, 2.45) is 0 Å². The number of hydrogen-bond acceptors (Lipinski definition) is 4. The van der Waals surface area contributed by atoms with Gasteiger partial charge < -0.3 is 5.11 Å². The molecule has 1 fully saturated rings. The summed E-state index contributed by atoms with van der Waals surface area (Å²) in [4.78, 5) is 17.2. The largest absolute Gasteiger partial charge is 0.478 e. The predicted molar refractivity (Wildman–Crippen MR) is 133 cm³/mol. The Labute approximate surface area is 198 Å². The van der Waals surface area contributed by atoms with Crippen LogP contribution in [0, 0.1) is 0 Å². The van der Waals surface area contributed by atoms with Crippen molar-refractivity contribution in [3.05, 3.63) is 88.9 Å². The number of benzene rings is 3. The predicted octanol–water partition coefficient (Wildman–Crippen LogP) is 5.62. The van der Waals surface area contributed by atoms with Crippen LogP contribution in [0.4, 0.5) is 0 Å². The summed E-state index contributed by atoms with van der Waals surface area (Å²) in [5.41, 5.74) is 4.19. The van der Waals surface area contributed by atoms with Gasteiger partial charge in [-0.2, -0.15) is 0 Å². The third-order valence-corrected chi connectivity index (χ3v) is 7.12. The normalized spacial score (nSPS) is 15.0. The molecule has 1 aliphatic heterocycles. The van der Waals surface area contributed by atoms with Gasteiger partial charge in [-0.1, -0.05) is 60.1 Å². The Bertz CT molecular complexity index is 1050. The molecule has 4 nitrogen and oxygen atoms in total. The zero-order chi connectivity index (χ0) is 22.3. The first-order chi connectivity index (χ1) is 15.6. The number of aromatic carboxylic acids is 1. The summed E-state index contributed by atoms with van der Waals surface area (Å²) in [6.07, 6.45) is 0. The van der Waals surface area contributed by atoms with Crippen molar-refractivity contribution < 1.29 is 9.90 Å². The minimum absolute atomic E-state index is 0.390.